The minimum absolute atomic E-state index is 0.0140. The van der Waals surface area contributed by atoms with Gasteiger partial charge in [-0.15, -0.1) is 0 Å². The molecule has 0 bridgehead atoms. The molecule has 6 heteroatoms. The molecule has 0 aromatic heterocycles. The molecule has 0 radical (unpaired) electrons. The van der Waals surface area contributed by atoms with Crippen LogP contribution in [0, 0.1) is 6.92 Å². The van der Waals surface area contributed by atoms with E-state index in [0.29, 0.717) is 11.5 Å². The SMILES string of the molecule is Cc1ccc(NC(=S)N[C@H](C)CCS(C)(=O)=O)cc1. The smallest absolute Gasteiger partial charge is 0.170 e. The second-order valence-electron chi connectivity index (χ2n) is 4.78. The molecule has 0 saturated heterocycles. The molecule has 0 aliphatic rings. The number of hydrogen-bond acceptors (Lipinski definition) is 3. The maximum atomic E-state index is 11.1. The van der Waals surface area contributed by atoms with Crippen molar-refractivity contribution in [2.75, 3.05) is 17.3 Å². The Kier molecular flexibility index (Phi) is 5.75. The van der Waals surface area contributed by atoms with Crippen LogP contribution in [0.2, 0.25) is 0 Å². The summed E-state index contributed by atoms with van der Waals surface area (Å²) in [5, 5.41) is 6.64. The molecular formula is C13H20N2O2S2. The summed E-state index contributed by atoms with van der Waals surface area (Å²) in [7, 11) is -2.92. The monoisotopic (exact) mass is 300 g/mol. The van der Waals surface area contributed by atoms with Gasteiger partial charge in [0.15, 0.2) is 5.11 Å². The number of benzene rings is 1. The maximum absolute atomic E-state index is 11.1. The fraction of sp³-hybridized carbons (Fsp3) is 0.462. The fourth-order valence-corrected chi connectivity index (χ4v) is 2.59. The first-order valence-electron chi connectivity index (χ1n) is 6.08. The Morgan fingerprint density at radius 2 is 1.89 bits per heavy atom. The molecule has 4 nitrogen and oxygen atoms in total. The maximum Gasteiger partial charge on any atom is 0.170 e. The Morgan fingerprint density at radius 1 is 1.32 bits per heavy atom. The number of thiocarbonyl (C=S) groups is 1. The van der Waals surface area contributed by atoms with E-state index in [1.54, 1.807) is 0 Å². The molecule has 1 aromatic carbocycles. The Morgan fingerprint density at radius 3 is 2.42 bits per heavy atom. The van der Waals surface area contributed by atoms with Crippen LogP contribution in [-0.2, 0) is 9.84 Å². The van der Waals surface area contributed by atoms with Gasteiger partial charge in [0.25, 0.3) is 0 Å². The number of hydrogen-bond donors (Lipinski definition) is 2. The molecule has 106 valence electrons. The van der Waals surface area contributed by atoms with Gasteiger partial charge in [-0.3, -0.25) is 0 Å². The molecule has 0 unspecified atom stereocenters. The molecule has 0 fully saturated rings. The first-order chi connectivity index (χ1) is 8.76. The molecular weight excluding hydrogens is 280 g/mol. The molecule has 1 aromatic rings. The zero-order valence-corrected chi connectivity index (χ0v) is 13.1. The van der Waals surface area contributed by atoms with Crippen molar-refractivity contribution in [3.63, 3.8) is 0 Å². The van der Waals surface area contributed by atoms with E-state index in [1.807, 2.05) is 38.1 Å². The predicted molar refractivity (Wildman–Crippen MR) is 84.3 cm³/mol. The summed E-state index contributed by atoms with van der Waals surface area (Å²) in [6.45, 7) is 3.93. The first kappa shape index (κ1) is 15.9. The van der Waals surface area contributed by atoms with Gasteiger partial charge in [0.2, 0.25) is 0 Å². The predicted octanol–water partition coefficient (Wildman–Crippen LogP) is 2.10. The normalized spacial score (nSPS) is 12.8. The quantitative estimate of drug-likeness (QED) is 0.816. The van der Waals surface area contributed by atoms with Crippen LogP contribution in [0.4, 0.5) is 5.69 Å². The van der Waals surface area contributed by atoms with Crippen LogP contribution < -0.4 is 10.6 Å². The molecule has 0 spiro atoms. The number of rotatable bonds is 5. The van der Waals surface area contributed by atoms with E-state index < -0.39 is 9.84 Å². The highest BCUT2D eigenvalue weighted by molar-refractivity contribution is 7.90. The van der Waals surface area contributed by atoms with Gasteiger partial charge in [-0.2, -0.15) is 0 Å². The standard InChI is InChI=1S/C13H20N2O2S2/c1-10-4-6-12(7-5-10)15-13(18)14-11(2)8-9-19(3,16)17/h4-7,11H,8-9H2,1-3H3,(H2,14,15,18)/t11-/m1/s1. The summed E-state index contributed by atoms with van der Waals surface area (Å²) in [6.07, 6.45) is 1.77. The Bertz CT molecular complexity index is 524. The molecule has 0 amide bonds. The van der Waals surface area contributed by atoms with Gasteiger partial charge in [-0.1, -0.05) is 17.7 Å². The van der Waals surface area contributed by atoms with Crippen molar-refractivity contribution in [1.29, 1.82) is 0 Å². The third-order valence-corrected chi connectivity index (χ3v) is 3.81. The van der Waals surface area contributed by atoms with Gasteiger partial charge in [0.05, 0.1) is 5.75 Å². The van der Waals surface area contributed by atoms with Crippen molar-refractivity contribution in [2.24, 2.45) is 0 Å². The van der Waals surface area contributed by atoms with Crippen molar-refractivity contribution in [1.82, 2.24) is 5.32 Å². The average molecular weight is 300 g/mol. The average Bonchev–Trinajstić information content (AvgIpc) is 2.29. The fourth-order valence-electron chi connectivity index (χ4n) is 1.49. The van der Waals surface area contributed by atoms with Crippen LogP contribution in [0.3, 0.4) is 0 Å². The van der Waals surface area contributed by atoms with E-state index >= 15 is 0 Å². The number of nitrogens with one attached hydrogen (secondary N) is 2. The third-order valence-electron chi connectivity index (χ3n) is 2.61. The topological polar surface area (TPSA) is 58.2 Å². The Balaban J connectivity index is 2.40. The summed E-state index contributed by atoms with van der Waals surface area (Å²) >= 11 is 5.18. The van der Waals surface area contributed by atoms with Gasteiger partial charge in [-0.25, -0.2) is 8.42 Å². The van der Waals surface area contributed by atoms with Crippen molar-refractivity contribution in [2.45, 2.75) is 26.3 Å². The number of aryl methyl sites for hydroxylation is 1. The van der Waals surface area contributed by atoms with Gasteiger partial charge in [0.1, 0.15) is 9.84 Å². The third kappa shape index (κ3) is 7.12. The summed E-state index contributed by atoms with van der Waals surface area (Å²) in [5.41, 5.74) is 2.10. The lowest BCUT2D eigenvalue weighted by molar-refractivity contribution is 0.585. The number of anilines is 1. The zero-order chi connectivity index (χ0) is 14.5. The first-order valence-corrected chi connectivity index (χ1v) is 8.55. The van der Waals surface area contributed by atoms with Gasteiger partial charge in [0, 0.05) is 18.0 Å². The van der Waals surface area contributed by atoms with Crippen molar-refractivity contribution in [3.8, 4) is 0 Å². The van der Waals surface area contributed by atoms with E-state index in [9.17, 15) is 8.42 Å². The van der Waals surface area contributed by atoms with Crippen molar-refractivity contribution >= 4 is 32.9 Å². The van der Waals surface area contributed by atoms with Gasteiger partial charge in [-0.05, 0) is 44.6 Å². The second kappa shape index (κ2) is 6.86. The lowest BCUT2D eigenvalue weighted by atomic mass is 10.2. The second-order valence-corrected chi connectivity index (χ2v) is 7.45. The molecule has 0 aliphatic heterocycles. The van der Waals surface area contributed by atoms with Crippen molar-refractivity contribution in [3.05, 3.63) is 29.8 Å². The van der Waals surface area contributed by atoms with Gasteiger partial charge < -0.3 is 10.6 Å². The minimum atomic E-state index is -2.92. The van der Waals surface area contributed by atoms with E-state index in [-0.39, 0.29) is 11.8 Å². The Hall–Kier alpha value is -1.14. The minimum Gasteiger partial charge on any atom is -0.360 e. The lowest BCUT2D eigenvalue weighted by Crippen LogP contribution is -2.36. The highest BCUT2D eigenvalue weighted by Gasteiger charge is 2.08. The van der Waals surface area contributed by atoms with E-state index in [0.717, 1.165) is 5.69 Å². The molecule has 2 N–H and O–H groups in total. The van der Waals surface area contributed by atoms with Crippen LogP contribution in [0.1, 0.15) is 18.9 Å². The summed E-state index contributed by atoms with van der Waals surface area (Å²) < 4.78 is 22.1. The summed E-state index contributed by atoms with van der Waals surface area (Å²) in [6, 6.07) is 7.91. The summed E-state index contributed by atoms with van der Waals surface area (Å²) in [4.78, 5) is 0. The lowest BCUT2D eigenvalue weighted by Gasteiger charge is -2.16. The molecule has 0 saturated carbocycles. The van der Waals surface area contributed by atoms with Crippen LogP contribution >= 0.6 is 12.2 Å². The highest BCUT2D eigenvalue weighted by atomic mass is 32.2. The molecule has 1 atom stereocenters. The largest absolute Gasteiger partial charge is 0.360 e. The summed E-state index contributed by atoms with van der Waals surface area (Å²) in [5.74, 6) is 0.161. The molecule has 1 rings (SSSR count). The van der Waals surface area contributed by atoms with Crippen LogP contribution in [-0.4, -0.2) is 31.6 Å². The van der Waals surface area contributed by atoms with Crippen LogP contribution in [0.25, 0.3) is 0 Å². The van der Waals surface area contributed by atoms with E-state index in [2.05, 4.69) is 10.6 Å². The molecule has 19 heavy (non-hydrogen) atoms. The van der Waals surface area contributed by atoms with Crippen molar-refractivity contribution < 1.29 is 8.42 Å². The van der Waals surface area contributed by atoms with Gasteiger partial charge >= 0.3 is 0 Å². The Labute approximate surface area is 120 Å². The van der Waals surface area contributed by atoms with E-state index in [4.69, 9.17) is 12.2 Å². The van der Waals surface area contributed by atoms with Crippen LogP contribution in [0.15, 0.2) is 24.3 Å². The van der Waals surface area contributed by atoms with Crippen LogP contribution in [0.5, 0.6) is 0 Å². The zero-order valence-electron chi connectivity index (χ0n) is 11.4. The van der Waals surface area contributed by atoms with E-state index in [1.165, 1.54) is 11.8 Å². The number of sulfone groups is 1. The highest BCUT2D eigenvalue weighted by Crippen LogP contribution is 2.08. The molecule has 0 heterocycles. The molecule has 0 aliphatic carbocycles.